The van der Waals surface area contributed by atoms with Crippen LogP contribution in [0.25, 0.3) is 46.1 Å². The molecule has 0 aliphatic carbocycles. The number of pyridine rings is 2. The van der Waals surface area contributed by atoms with Gasteiger partial charge in [-0.25, -0.2) is 9.13 Å². The molecule has 0 aliphatic heterocycles. The molecule has 0 aliphatic rings. The van der Waals surface area contributed by atoms with Gasteiger partial charge in [-0.1, -0.05) is 56.2 Å². The summed E-state index contributed by atoms with van der Waals surface area (Å²) < 4.78 is 6.62. The predicted molar refractivity (Wildman–Crippen MR) is 152 cm³/mol. The summed E-state index contributed by atoms with van der Waals surface area (Å²) in [4.78, 5) is 0. The fourth-order valence-corrected chi connectivity index (χ4v) is 4.74. The first-order chi connectivity index (χ1) is 17.6. The van der Waals surface area contributed by atoms with Crippen LogP contribution in [0.1, 0.15) is 48.4 Å². The van der Waals surface area contributed by atoms with Crippen LogP contribution >= 0.6 is 0 Å². The van der Waals surface area contributed by atoms with Crippen LogP contribution in [-0.2, 0) is 20.6 Å². The van der Waals surface area contributed by atoms with Crippen molar-refractivity contribution in [2.75, 3.05) is 0 Å². The van der Waals surface area contributed by atoms with Crippen molar-refractivity contribution in [1.82, 2.24) is 4.57 Å². The SMILES string of the molecule is CCCCCn1c2ccc(/C=C/c3cc[n+](C)cc3)cc2c2cc(/C=C/c3cc[n+](C)cc3)ccc21. The molecule has 0 N–H and O–H groups in total. The molecule has 0 spiro atoms. The van der Waals surface area contributed by atoms with Gasteiger partial charge in [0, 0.05) is 52.6 Å². The summed E-state index contributed by atoms with van der Waals surface area (Å²) in [5.74, 6) is 0. The zero-order valence-electron chi connectivity index (χ0n) is 21.6. The molecular weight excluding hydrogens is 438 g/mol. The number of hydrogen-bond donors (Lipinski definition) is 0. The highest BCUT2D eigenvalue weighted by Gasteiger charge is 2.11. The van der Waals surface area contributed by atoms with Crippen LogP contribution < -0.4 is 9.13 Å². The second-order valence-electron chi connectivity index (χ2n) is 9.67. The topological polar surface area (TPSA) is 12.7 Å². The second-order valence-corrected chi connectivity index (χ2v) is 9.67. The Bertz CT molecular complexity index is 1420. The lowest BCUT2D eigenvalue weighted by molar-refractivity contribution is -0.671. The maximum Gasteiger partial charge on any atom is 0.169 e. The maximum atomic E-state index is 2.51. The highest BCUT2D eigenvalue weighted by atomic mass is 15.0. The zero-order valence-corrected chi connectivity index (χ0v) is 21.6. The molecule has 180 valence electrons. The lowest BCUT2D eigenvalue weighted by Gasteiger charge is -2.07. The summed E-state index contributed by atoms with van der Waals surface area (Å²) in [5, 5.41) is 2.65. The Hall–Kier alpha value is -3.98. The maximum absolute atomic E-state index is 2.51. The molecule has 5 aromatic rings. The molecule has 0 atom stereocenters. The minimum absolute atomic E-state index is 1.06. The Morgan fingerprint density at radius 1 is 0.583 bits per heavy atom. The molecule has 0 saturated carbocycles. The molecular formula is C33H35N3+2. The van der Waals surface area contributed by atoms with Gasteiger partial charge in [0.15, 0.2) is 24.8 Å². The largest absolute Gasteiger partial charge is 0.340 e. The third-order valence-electron chi connectivity index (χ3n) is 6.84. The Morgan fingerprint density at radius 2 is 1.03 bits per heavy atom. The molecule has 3 heteroatoms. The van der Waals surface area contributed by atoms with Gasteiger partial charge in [-0.2, -0.15) is 0 Å². The van der Waals surface area contributed by atoms with Crippen molar-refractivity contribution in [3.63, 3.8) is 0 Å². The van der Waals surface area contributed by atoms with Crippen LogP contribution in [0, 0.1) is 0 Å². The molecule has 0 fully saturated rings. The predicted octanol–water partition coefficient (Wildman–Crippen LogP) is 6.97. The highest BCUT2D eigenvalue weighted by molar-refractivity contribution is 6.09. The van der Waals surface area contributed by atoms with Crippen LogP contribution in [0.4, 0.5) is 0 Å². The average Bonchev–Trinajstić information content (AvgIpc) is 3.20. The first kappa shape index (κ1) is 23.7. The van der Waals surface area contributed by atoms with Crippen molar-refractivity contribution >= 4 is 46.1 Å². The van der Waals surface area contributed by atoms with Crippen molar-refractivity contribution < 1.29 is 9.13 Å². The van der Waals surface area contributed by atoms with Crippen molar-refractivity contribution in [3.8, 4) is 0 Å². The van der Waals surface area contributed by atoms with Crippen LogP contribution in [0.5, 0.6) is 0 Å². The molecule has 3 heterocycles. The number of aryl methyl sites for hydroxylation is 3. The van der Waals surface area contributed by atoms with Gasteiger partial charge >= 0.3 is 0 Å². The standard InChI is InChI=1S/C33H35N3/c1-4-5-6-19-36-32-13-11-28(9-7-26-15-20-34(2)21-16-26)24-30(32)31-25-29(12-14-33(31)36)10-8-27-17-22-35(3)23-18-27/h7-18,20-25H,4-6,19H2,1-3H3/q+2. The lowest BCUT2D eigenvalue weighted by atomic mass is 10.1. The van der Waals surface area contributed by atoms with Crippen LogP contribution in [0.15, 0.2) is 85.5 Å². The number of aromatic nitrogens is 3. The molecule has 3 nitrogen and oxygen atoms in total. The first-order valence-corrected chi connectivity index (χ1v) is 12.9. The van der Waals surface area contributed by atoms with Gasteiger partial charge in [-0.05, 0) is 52.9 Å². The number of unbranched alkanes of at least 4 members (excludes halogenated alkanes) is 2. The van der Waals surface area contributed by atoms with E-state index in [0.717, 1.165) is 6.54 Å². The number of nitrogens with zero attached hydrogens (tertiary/aromatic N) is 3. The molecule has 36 heavy (non-hydrogen) atoms. The normalized spacial score (nSPS) is 12.0. The summed E-state index contributed by atoms with van der Waals surface area (Å²) in [7, 11) is 4.09. The van der Waals surface area contributed by atoms with Crippen molar-refractivity contribution in [2.24, 2.45) is 14.1 Å². The Labute approximate surface area is 214 Å². The molecule has 0 bridgehead atoms. The zero-order chi connectivity index (χ0) is 24.9. The molecule has 0 radical (unpaired) electrons. The van der Waals surface area contributed by atoms with E-state index in [4.69, 9.17) is 0 Å². The summed E-state index contributed by atoms with van der Waals surface area (Å²) >= 11 is 0. The monoisotopic (exact) mass is 473 g/mol. The van der Waals surface area contributed by atoms with Crippen LogP contribution in [0.2, 0.25) is 0 Å². The van der Waals surface area contributed by atoms with E-state index in [1.807, 2.05) is 14.1 Å². The van der Waals surface area contributed by atoms with Crippen molar-refractivity contribution in [1.29, 1.82) is 0 Å². The van der Waals surface area contributed by atoms with E-state index < -0.39 is 0 Å². The van der Waals surface area contributed by atoms with E-state index in [0.29, 0.717) is 0 Å². The molecule has 0 saturated heterocycles. The van der Waals surface area contributed by atoms with Crippen molar-refractivity contribution in [2.45, 2.75) is 32.7 Å². The number of hydrogen-bond acceptors (Lipinski definition) is 0. The second kappa shape index (κ2) is 10.7. The number of benzene rings is 2. The summed E-state index contributed by atoms with van der Waals surface area (Å²) in [6.45, 7) is 3.32. The van der Waals surface area contributed by atoms with Gasteiger partial charge in [-0.15, -0.1) is 0 Å². The fraction of sp³-hybridized carbons (Fsp3) is 0.212. The molecule has 0 amide bonds. The van der Waals surface area contributed by atoms with E-state index in [-0.39, 0.29) is 0 Å². The molecule has 0 unspecified atom stereocenters. The van der Waals surface area contributed by atoms with E-state index in [9.17, 15) is 0 Å². The summed E-state index contributed by atoms with van der Waals surface area (Å²) in [5.41, 5.74) is 7.50. The van der Waals surface area contributed by atoms with Crippen LogP contribution in [-0.4, -0.2) is 4.57 Å². The lowest BCUT2D eigenvalue weighted by Crippen LogP contribution is -2.25. The molecule has 5 rings (SSSR count). The van der Waals surface area contributed by atoms with Gasteiger partial charge in [0.05, 0.1) is 0 Å². The van der Waals surface area contributed by atoms with E-state index in [1.54, 1.807) is 0 Å². The van der Waals surface area contributed by atoms with Crippen molar-refractivity contribution in [3.05, 3.63) is 108 Å². The van der Waals surface area contributed by atoms with Gasteiger partial charge in [-0.3, -0.25) is 0 Å². The smallest absolute Gasteiger partial charge is 0.169 e. The fourth-order valence-electron chi connectivity index (χ4n) is 4.74. The average molecular weight is 474 g/mol. The third-order valence-corrected chi connectivity index (χ3v) is 6.84. The van der Waals surface area contributed by atoms with Gasteiger partial charge in [0.2, 0.25) is 0 Å². The Balaban J connectivity index is 1.54. The molecule has 2 aromatic carbocycles. The number of rotatable bonds is 8. The molecule has 3 aromatic heterocycles. The number of fused-ring (bicyclic) bond motifs is 3. The minimum atomic E-state index is 1.06. The third kappa shape index (κ3) is 5.31. The summed E-state index contributed by atoms with van der Waals surface area (Å²) in [6, 6.07) is 22.3. The summed E-state index contributed by atoms with van der Waals surface area (Å²) in [6.07, 6.45) is 20.8. The quantitative estimate of drug-likeness (QED) is 0.170. The van der Waals surface area contributed by atoms with Gasteiger partial charge in [0.1, 0.15) is 14.1 Å². The Kier molecular flexibility index (Phi) is 7.08. The van der Waals surface area contributed by atoms with E-state index in [1.165, 1.54) is 63.3 Å². The first-order valence-electron chi connectivity index (χ1n) is 12.9. The Morgan fingerprint density at radius 3 is 1.47 bits per heavy atom. The van der Waals surface area contributed by atoms with E-state index >= 15 is 0 Å². The van der Waals surface area contributed by atoms with Gasteiger partial charge < -0.3 is 4.57 Å². The van der Waals surface area contributed by atoms with E-state index in [2.05, 4.69) is 130 Å². The highest BCUT2D eigenvalue weighted by Crippen LogP contribution is 2.32. The van der Waals surface area contributed by atoms with Crippen LogP contribution in [0.3, 0.4) is 0 Å². The minimum Gasteiger partial charge on any atom is -0.340 e. The van der Waals surface area contributed by atoms with Gasteiger partial charge in [0.25, 0.3) is 0 Å².